The molecular formula is C14H20N2O3. The number of hydrogen-bond acceptors (Lipinski definition) is 3. The molecule has 1 aromatic carbocycles. The zero-order valence-corrected chi connectivity index (χ0v) is 11.6. The van der Waals surface area contributed by atoms with Crippen LogP contribution in [0.2, 0.25) is 0 Å². The van der Waals surface area contributed by atoms with Gasteiger partial charge in [-0.1, -0.05) is 6.07 Å². The first-order valence-corrected chi connectivity index (χ1v) is 6.35. The van der Waals surface area contributed by atoms with E-state index in [4.69, 9.17) is 4.74 Å². The summed E-state index contributed by atoms with van der Waals surface area (Å²) in [4.78, 5) is 24.4. The molecule has 104 valence electrons. The molecule has 0 aliphatic heterocycles. The van der Waals surface area contributed by atoms with E-state index in [1.54, 1.807) is 29.2 Å². The van der Waals surface area contributed by atoms with E-state index in [1.165, 1.54) is 6.92 Å². The topological polar surface area (TPSA) is 58.6 Å². The highest BCUT2D eigenvalue weighted by molar-refractivity contribution is 5.88. The van der Waals surface area contributed by atoms with Crippen LogP contribution in [0.25, 0.3) is 0 Å². The summed E-state index contributed by atoms with van der Waals surface area (Å²) < 4.78 is 5.43. The average molecular weight is 264 g/mol. The Morgan fingerprint density at radius 3 is 2.53 bits per heavy atom. The molecule has 1 N–H and O–H groups in total. The SMILES string of the molecule is CCN(CC)C(=O)COc1cccc(NC(C)=O)c1. The number of likely N-dealkylation sites (N-methyl/N-ethyl adjacent to an activating group) is 1. The van der Waals surface area contributed by atoms with Crippen molar-refractivity contribution in [2.24, 2.45) is 0 Å². The summed E-state index contributed by atoms with van der Waals surface area (Å²) in [5, 5.41) is 2.66. The van der Waals surface area contributed by atoms with Gasteiger partial charge < -0.3 is 15.0 Å². The fourth-order valence-electron chi connectivity index (χ4n) is 1.68. The first-order chi connectivity index (χ1) is 9.06. The number of nitrogens with one attached hydrogen (secondary N) is 1. The third kappa shape index (κ3) is 4.99. The molecular weight excluding hydrogens is 244 g/mol. The monoisotopic (exact) mass is 264 g/mol. The van der Waals surface area contributed by atoms with E-state index in [0.29, 0.717) is 24.5 Å². The molecule has 1 aromatic rings. The minimum atomic E-state index is -0.142. The molecule has 0 bridgehead atoms. The van der Waals surface area contributed by atoms with Crippen molar-refractivity contribution in [2.75, 3.05) is 25.0 Å². The van der Waals surface area contributed by atoms with Gasteiger partial charge in [0, 0.05) is 31.8 Å². The fourth-order valence-corrected chi connectivity index (χ4v) is 1.68. The van der Waals surface area contributed by atoms with Gasteiger partial charge in [-0.3, -0.25) is 9.59 Å². The van der Waals surface area contributed by atoms with Gasteiger partial charge in [-0.15, -0.1) is 0 Å². The molecule has 0 saturated heterocycles. The van der Waals surface area contributed by atoms with Gasteiger partial charge in [0.1, 0.15) is 5.75 Å². The lowest BCUT2D eigenvalue weighted by molar-refractivity contribution is -0.133. The van der Waals surface area contributed by atoms with Crippen LogP contribution in [-0.2, 0) is 9.59 Å². The van der Waals surface area contributed by atoms with E-state index in [9.17, 15) is 9.59 Å². The van der Waals surface area contributed by atoms with Gasteiger partial charge in [-0.05, 0) is 26.0 Å². The van der Waals surface area contributed by atoms with Crippen LogP contribution in [0.15, 0.2) is 24.3 Å². The standard InChI is InChI=1S/C14H20N2O3/c1-4-16(5-2)14(18)10-19-13-8-6-7-12(9-13)15-11(3)17/h6-9H,4-5,10H2,1-3H3,(H,15,17). The Hall–Kier alpha value is -2.04. The average Bonchev–Trinajstić information content (AvgIpc) is 2.37. The molecule has 5 heteroatoms. The minimum absolute atomic E-state index is 0.00516. The van der Waals surface area contributed by atoms with Gasteiger partial charge in [-0.25, -0.2) is 0 Å². The van der Waals surface area contributed by atoms with Crippen molar-refractivity contribution in [3.05, 3.63) is 24.3 Å². The third-order valence-electron chi connectivity index (χ3n) is 2.63. The lowest BCUT2D eigenvalue weighted by atomic mass is 10.3. The Morgan fingerprint density at radius 2 is 1.95 bits per heavy atom. The molecule has 5 nitrogen and oxygen atoms in total. The molecule has 0 unspecified atom stereocenters. The molecule has 0 saturated carbocycles. The van der Waals surface area contributed by atoms with E-state index >= 15 is 0 Å². The summed E-state index contributed by atoms with van der Waals surface area (Å²) in [7, 11) is 0. The van der Waals surface area contributed by atoms with E-state index in [1.807, 2.05) is 13.8 Å². The second kappa shape index (κ2) is 7.41. The van der Waals surface area contributed by atoms with Crippen LogP contribution >= 0.6 is 0 Å². The normalized spacial score (nSPS) is 9.84. The van der Waals surface area contributed by atoms with Crippen molar-refractivity contribution in [2.45, 2.75) is 20.8 Å². The first kappa shape index (κ1) is 15.0. The summed E-state index contributed by atoms with van der Waals surface area (Å²) in [5.41, 5.74) is 0.653. The molecule has 2 amide bonds. The van der Waals surface area contributed by atoms with Crippen molar-refractivity contribution in [3.63, 3.8) is 0 Å². The molecule has 19 heavy (non-hydrogen) atoms. The van der Waals surface area contributed by atoms with Crippen molar-refractivity contribution < 1.29 is 14.3 Å². The van der Waals surface area contributed by atoms with Crippen molar-refractivity contribution in [1.82, 2.24) is 4.90 Å². The summed E-state index contributed by atoms with van der Waals surface area (Å²) in [5.74, 6) is 0.373. The molecule has 0 fully saturated rings. The number of hydrogen-bond donors (Lipinski definition) is 1. The van der Waals surface area contributed by atoms with Gasteiger partial charge >= 0.3 is 0 Å². The van der Waals surface area contributed by atoms with Crippen LogP contribution in [0.3, 0.4) is 0 Å². The minimum Gasteiger partial charge on any atom is -0.484 e. The van der Waals surface area contributed by atoms with Gasteiger partial charge in [0.2, 0.25) is 5.91 Å². The van der Waals surface area contributed by atoms with Crippen LogP contribution in [0.5, 0.6) is 5.75 Å². The number of rotatable bonds is 6. The third-order valence-corrected chi connectivity index (χ3v) is 2.63. The molecule has 0 aliphatic carbocycles. The molecule has 0 heterocycles. The number of ether oxygens (including phenoxy) is 1. The number of carbonyl (C=O) groups is 2. The van der Waals surface area contributed by atoms with Crippen molar-refractivity contribution in [1.29, 1.82) is 0 Å². The second-order valence-corrected chi connectivity index (χ2v) is 4.06. The Balaban J connectivity index is 2.58. The van der Waals surface area contributed by atoms with Gasteiger partial charge in [-0.2, -0.15) is 0 Å². The van der Waals surface area contributed by atoms with E-state index < -0.39 is 0 Å². The van der Waals surface area contributed by atoms with Crippen LogP contribution < -0.4 is 10.1 Å². The van der Waals surface area contributed by atoms with Gasteiger partial charge in [0.25, 0.3) is 5.91 Å². The van der Waals surface area contributed by atoms with Gasteiger partial charge in [0.05, 0.1) is 0 Å². The number of carbonyl (C=O) groups excluding carboxylic acids is 2. The smallest absolute Gasteiger partial charge is 0.260 e. The molecule has 0 aromatic heterocycles. The lowest BCUT2D eigenvalue weighted by Gasteiger charge is -2.18. The maximum atomic E-state index is 11.8. The fraction of sp³-hybridized carbons (Fsp3) is 0.429. The Morgan fingerprint density at radius 1 is 1.26 bits per heavy atom. The van der Waals surface area contributed by atoms with E-state index in [2.05, 4.69) is 5.32 Å². The summed E-state index contributed by atoms with van der Waals surface area (Å²) in [6, 6.07) is 6.97. The van der Waals surface area contributed by atoms with E-state index in [0.717, 1.165) is 0 Å². The molecule has 0 aliphatic rings. The lowest BCUT2D eigenvalue weighted by Crippen LogP contribution is -2.34. The molecule has 0 radical (unpaired) electrons. The highest BCUT2D eigenvalue weighted by Crippen LogP contribution is 2.17. The largest absolute Gasteiger partial charge is 0.484 e. The van der Waals surface area contributed by atoms with Crippen molar-refractivity contribution >= 4 is 17.5 Å². The number of amides is 2. The van der Waals surface area contributed by atoms with Crippen LogP contribution in [0, 0.1) is 0 Å². The molecule has 0 atom stereocenters. The number of anilines is 1. The van der Waals surface area contributed by atoms with Gasteiger partial charge in [0.15, 0.2) is 6.61 Å². The Labute approximate surface area is 113 Å². The van der Waals surface area contributed by atoms with E-state index in [-0.39, 0.29) is 18.4 Å². The molecule has 0 spiro atoms. The maximum Gasteiger partial charge on any atom is 0.260 e. The number of benzene rings is 1. The summed E-state index contributed by atoms with van der Waals surface area (Å²) >= 11 is 0. The zero-order chi connectivity index (χ0) is 14.3. The summed E-state index contributed by atoms with van der Waals surface area (Å²) in [6.45, 7) is 6.65. The maximum absolute atomic E-state index is 11.8. The molecule has 1 rings (SSSR count). The predicted octanol–water partition coefficient (Wildman–Crippen LogP) is 1.89. The van der Waals surface area contributed by atoms with Crippen LogP contribution in [0.1, 0.15) is 20.8 Å². The first-order valence-electron chi connectivity index (χ1n) is 6.35. The second-order valence-electron chi connectivity index (χ2n) is 4.06. The Kier molecular flexibility index (Phi) is 5.85. The Bertz CT molecular complexity index is 442. The quantitative estimate of drug-likeness (QED) is 0.853. The zero-order valence-electron chi connectivity index (χ0n) is 11.6. The highest BCUT2D eigenvalue weighted by Gasteiger charge is 2.10. The van der Waals surface area contributed by atoms with Crippen LogP contribution in [-0.4, -0.2) is 36.4 Å². The van der Waals surface area contributed by atoms with Crippen LogP contribution in [0.4, 0.5) is 5.69 Å². The highest BCUT2D eigenvalue weighted by atomic mass is 16.5. The van der Waals surface area contributed by atoms with Crippen molar-refractivity contribution in [3.8, 4) is 5.75 Å². The summed E-state index contributed by atoms with van der Waals surface area (Å²) in [6.07, 6.45) is 0. The number of nitrogens with zero attached hydrogens (tertiary/aromatic N) is 1. The predicted molar refractivity (Wildman–Crippen MR) is 74.2 cm³/mol.